The van der Waals surface area contributed by atoms with Crippen LogP contribution in [0, 0.1) is 5.41 Å². The molecule has 0 bridgehead atoms. The predicted molar refractivity (Wildman–Crippen MR) is 106 cm³/mol. The van der Waals surface area contributed by atoms with E-state index in [9.17, 15) is 9.59 Å². The molecule has 7 heteroatoms. The zero-order chi connectivity index (χ0) is 20.6. The van der Waals surface area contributed by atoms with Gasteiger partial charge in [-0.1, -0.05) is 25.3 Å². The van der Waals surface area contributed by atoms with Gasteiger partial charge in [-0.3, -0.25) is 9.59 Å². The molecule has 0 spiro atoms. The largest absolute Gasteiger partial charge is 0.493 e. The summed E-state index contributed by atoms with van der Waals surface area (Å²) in [5.74, 6) is 0.621. The summed E-state index contributed by atoms with van der Waals surface area (Å²) in [6.07, 6.45) is 5.74. The van der Waals surface area contributed by atoms with Crippen molar-refractivity contribution < 1.29 is 23.8 Å². The molecule has 28 heavy (non-hydrogen) atoms. The summed E-state index contributed by atoms with van der Waals surface area (Å²) >= 11 is 0. The number of nitrogens with two attached hydrogens (primary N) is 1. The molecule has 0 radical (unpaired) electrons. The summed E-state index contributed by atoms with van der Waals surface area (Å²) in [6, 6.07) is 4.83. The Labute approximate surface area is 166 Å². The zero-order valence-corrected chi connectivity index (χ0v) is 17.1. The minimum Gasteiger partial charge on any atom is -0.493 e. The van der Waals surface area contributed by atoms with Crippen molar-refractivity contribution in [1.29, 1.82) is 0 Å². The number of benzene rings is 1. The molecule has 1 saturated carbocycles. The van der Waals surface area contributed by atoms with Crippen LogP contribution in [0.1, 0.15) is 56.6 Å². The van der Waals surface area contributed by atoms with Crippen LogP contribution in [-0.4, -0.2) is 39.8 Å². The Morgan fingerprint density at radius 1 is 1.11 bits per heavy atom. The van der Waals surface area contributed by atoms with E-state index in [0.29, 0.717) is 24.5 Å². The van der Waals surface area contributed by atoms with E-state index in [-0.39, 0.29) is 17.7 Å². The standard InChI is InChI=1S/C21H32N2O5/c1-26-17-8-7-15(11-18(17)27-2)16(12-20(25)28-3)23-19(24)13-21(14-22)9-5-4-6-10-21/h7-8,11,16H,4-6,9-10,12-14,22H2,1-3H3,(H,23,24). The summed E-state index contributed by atoms with van der Waals surface area (Å²) < 4.78 is 15.4. The van der Waals surface area contributed by atoms with Crippen molar-refractivity contribution in [2.45, 2.75) is 51.0 Å². The molecule has 156 valence electrons. The summed E-state index contributed by atoms with van der Waals surface area (Å²) in [5, 5.41) is 3.00. The van der Waals surface area contributed by atoms with Gasteiger partial charge in [0.1, 0.15) is 0 Å². The first-order valence-corrected chi connectivity index (χ1v) is 9.75. The molecule has 0 heterocycles. The number of amides is 1. The number of carbonyl (C=O) groups is 2. The van der Waals surface area contributed by atoms with Crippen LogP contribution in [0.25, 0.3) is 0 Å². The summed E-state index contributed by atoms with van der Waals surface area (Å²) in [5.41, 5.74) is 6.62. The number of hydrogen-bond acceptors (Lipinski definition) is 6. The highest BCUT2D eigenvalue weighted by Crippen LogP contribution is 2.38. The Morgan fingerprint density at radius 3 is 2.36 bits per heavy atom. The molecule has 1 unspecified atom stereocenters. The number of methoxy groups -OCH3 is 3. The third-order valence-corrected chi connectivity index (χ3v) is 5.63. The Balaban J connectivity index is 2.18. The number of nitrogens with one attached hydrogen (secondary N) is 1. The Bertz CT molecular complexity index is 671. The van der Waals surface area contributed by atoms with Crippen LogP contribution >= 0.6 is 0 Å². The summed E-state index contributed by atoms with van der Waals surface area (Å²) in [7, 11) is 4.44. The van der Waals surface area contributed by atoms with Crippen LogP contribution < -0.4 is 20.5 Å². The van der Waals surface area contributed by atoms with Crippen molar-refractivity contribution >= 4 is 11.9 Å². The zero-order valence-electron chi connectivity index (χ0n) is 17.1. The molecular weight excluding hydrogens is 360 g/mol. The average Bonchev–Trinajstić information content (AvgIpc) is 2.73. The van der Waals surface area contributed by atoms with E-state index in [1.54, 1.807) is 26.4 Å². The Morgan fingerprint density at radius 2 is 1.79 bits per heavy atom. The highest BCUT2D eigenvalue weighted by molar-refractivity contribution is 5.79. The van der Waals surface area contributed by atoms with Crippen LogP contribution in [0.5, 0.6) is 11.5 Å². The molecule has 1 aliphatic carbocycles. The highest BCUT2D eigenvalue weighted by atomic mass is 16.5. The molecule has 1 amide bonds. The van der Waals surface area contributed by atoms with Crippen LogP contribution in [0.2, 0.25) is 0 Å². The van der Waals surface area contributed by atoms with E-state index in [1.165, 1.54) is 13.5 Å². The molecular formula is C21H32N2O5. The van der Waals surface area contributed by atoms with Gasteiger partial charge in [0.05, 0.1) is 33.8 Å². The number of esters is 1. The lowest BCUT2D eigenvalue weighted by molar-refractivity contribution is -0.141. The van der Waals surface area contributed by atoms with E-state index in [0.717, 1.165) is 31.2 Å². The fourth-order valence-corrected chi connectivity index (χ4v) is 3.91. The maximum absolute atomic E-state index is 12.8. The van der Waals surface area contributed by atoms with Crippen molar-refractivity contribution in [3.05, 3.63) is 23.8 Å². The van der Waals surface area contributed by atoms with E-state index >= 15 is 0 Å². The van der Waals surface area contributed by atoms with Crippen LogP contribution in [0.4, 0.5) is 0 Å². The smallest absolute Gasteiger partial charge is 0.307 e. The van der Waals surface area contributed by atoms with Gasteiger partial charge in [0.2, 0.25) is 5.91 Å². The number of carbonyl (C=O) groups excluding carboxylic acids is 2. The molecule has 1 fully saturated rings. The predicted octanol–water partition coefficient (Wildman–Crippen LogP) is 2.72. The van der Waals surface area contributed by atoms with Gasteiger partial charge in [0, 0.05) is 6.42 Å². The first-order valence-electron chi connectivity index (χ1n) is 9.75. The maximum atomic E-state index is 12.8. The third kappa shape index (κ3) is 5.61. The summed E-state index contributed by atoms with van der Waals surface area (Å²) in [4.78, 5) is 24.7. The number of hydrogen-bond donors (Lipinski definition) is 2. The highest BCUT2D eigenvalue weighted by Gasteiger charge is 2.34. The van der Waals surface area contributed by atoms with E-state index in [4.69, 9.17) is 19.9 Å². The SMILES string of the molecule is COC(=O)CC(NC(=O)CC1(CN)CCCCC1)c1ccc(OC)c(OC)c1. The van der Waals surface area contributed by atoms with Gasteiger partial charge in [-0.25, -0.2) is 0 Å². The molecule has 1 aromatic rings. The molecule has 2 rings (SSSR count). The first kappa shape index (κ1) is 22.0. The second-order valence-electron chi connectivity index (χ2n) is 7.46. The van der Waals surface area contributed by atoms with Crippen LogP contribution in [0.15, 0.2) is 18.2 Å². The monoisotopic (exact) mass is 392 g/mol. The van der Waals surface area contributed by atoms with E-state index < -0.39 is 12.0 Å². The second-order valence-corrected chi connectivity index (χ2v) is 7.46. The van der Waals surface area contributed by atoms with E-state index in [1.807, 2.05) is 6.07 Å². The summed E-state index contributed by atoms with van der Waals surface area (Å²) in [6.45, 7) is 0.498. The van der Waals surface area contributed by atoms with Crippen molar-refractivity contribution in [3.63, 3.8) is 0 Å². The fourth-order valence-electron chi connectivity index (χ4n) is 3.91. The van der Waals surface area contributed by atoms with Crippen molar-refractivity contribution in [3.8, 4) is 11.5 Å². The molecule has 3 N–H and O–H groups in total. The Hall–Kier alpha value is -2.28. The molecule has 0 saturated heterocycles. The van der Waals surface area contributed by atoms with Gasteiger partial charge in [-0.15, -0.1) is 0 Å². The van der Waals surface area contributed by atoms with Gasteiger partial charge in [-0.2, -0.15) is 0 Å². The van der Waals surface area contributed by atoms with Crippen molar-refractivity contribution in [1.82, 2.24) is 5.32 Å². The fraction of sp³-hybridized carbons (Fsp3) is 0.619. The van der Waals surface area contributed by atoms with Crippen molar-refractivity contribution in [2.75, 3.05) is 27.9 Å². The maximum Gasteiger partial charge on any atom is 0.307 e. The van der Waals surface area contributed by atoms with E-state index in [2.05, 4.69) is 5.32 Å². The van der Waals surface area contributed by atoms with Gasteiger partial charge in [0.15, 0.2) is 11.5 Å². The molecule has 0 aromatic heterocycles. The third-order valence-electron chi connectivity index (χ3n) is 5.63. The molecule has 0 aliphatic heterocycles. The molecule has 7 nitrogen and oxygen atoms in total. The van der Waals surface area contributed by atoms with Crippen LogP contribution in [-0.2, 0) is 14.3 Å². The average molecular weight is 392 g/mol. The lowest BCUT2D eigenvalue weighted by atomic mass is 9.71. The molecule has 1 aromatic carbocycles. The second kappa shape index (κ2) is 10.3. The van der Waals surface area contributed by atoms with Gasteiger partial charge < -0.3 is 25.3 Å². The quantitative estimate of drug-likeness (QED) is 0.627. The van der Waals surface area contributed by atoms with Crippen LogP contribution in [0.3, 0.4) is 0 Å². The topological polar surface area (TPSA) is 99.9 Å². The van der Waals surface area contributed by atoms with Gasteiger partial charge in [0.25, 0.3) is 0 Å². The molecule has 1 atom stereocenters. The van der Waals surface area contributed by atoms with Gasteiger partial charge in [-0.05, 0) is 42.5 Å². The minimum absolute atomic E-state index is 0.0351. The number of rotatable bonds is 9. The molecule has 1 aliphatic rings. The minimum atomic E-state index is -0.516. The van der Waals surface area contributed by atoms with Gasteiger partial charge >= 0.3 is 5.97 Å². The Kier molecular flexibility index (Phi) is 8.11. The lowest BCUT2D eigenvalue weighted by Gasteiger charge is -2.36. The van der Waals surface area contributed by atoms with Crippen molar-refractivity contribution in [2.24, 2.45) is 11.1 Å². The normalized spacial score (nSPS) is 16.7. The lowest BCUT2D eigenvalue weighted by Crippen LogP contribution is -2.40. The first-order chi connectivity index (χ1) is 13.5. The number of ether oxygens (including phenoxy) is 3.